The van der Waals surface area contributed by atoms with Gasteiger partial charge in [-0.2, -0.15) is 0 Å². The Balaban J connectivity index is 1.49. The lowest BCUT2D eigenvalue weighted by Gasteiger charge is -2.09. The van der Waals surface area contributed by atoms with Crippen LogP contribution in [0.4, 0.5) is 5.13 Å². The Hall–Kier alpha value is -1.12. The zero-order valence-electron chi connectivity index (χ0n) is 12.1. The molecule has 2 N–H and O–H groups in total. The maximum Gasteiger partial charge on any atom is 0.233 e. The Kier molecular flexibility index (Phi) is 5.69. The average Bonchev–Trinajstić information content (AvgIpc) is 3.13. The molecule has 0 saturated carbocycles. The van der Waals surface area contributed by atoms with Gasteiger partial charge in [-0.25, -0.2) is 0 Å². The normalized spacial score (nSPS) is 18.7. The van der Waals surface area contributed by atoms with Crippen LogP contribution < -0.4 is 10.6 Å². The van der Waals surface area contributed by atoms with Gasteiger partial charge < -0.3 is 10.6 Å². The quantitative estimate of drug-likeness (QED) is 0.835. The third-order valence-electron chi connectivity index (χ3n) is 3.36. The molecule has 0 spiro atoms. The van der Waals surface area contributed by atoms with Gasteiger partial charge in [-0.15, -0.1) is 21.5 Å². The number of carbonyl (C=O) groups excluding carboxylic acids is 1. The van der Waals surface area contributed by atoms with Crippen molar-refractivity contribution in [3.63, 3.8) is 0 Å². The molecular weight excluding hydrogens is 336 g/mol. The van der Waals surface area contributed by atoms with Crippen LogP contribution >= 0.6 is 34.4 Å². The molecule has 1 atom stereocenters. The summed E-state index contributed by atoms with van der Waals surface area (Å²) in [6.07, 6.45) is 4.05. The number of thioether (sulfide) groups is 1. The number of anilines is 1. The number of nitrogens with zero attached hydrogens (tertiary/aromatic N) is 2. The highest BCUT2D eigenvalue weighted by Crippen LogP contribution is 2.32. The zero-order chi connectivity index (χ0) is 15.2. The van der Waals surface area contributed by atoms with E-state index < -0.39 is 0 Å². The number of rotatable bonds is 6. The number of hydrogen-bond donors (Lipinski definition) is 2. The third-order valence-corrected chi connectivity index (χ3v) is 6.53. The summed E-state index contributed by atoms with van der Waals surface area (Å²) in [5.41, 5.74) is 0. The minimum atomic E-state index is -0.0329. The zero-order valence-corrected chi connectivity index (χ0v) is 14.5. The van der Waals surface area contributed by atoms with Crippen molar-refractivity contribution in [1.29, 1.82) is 0 Å². The summed E-state index contributed by atoms with van der Waals surface area (Å²) in [5.74, 6) is 0.130. The van der Waals surface area contributed by atoms with Gasteiger partial charge in [-0.3, -0.25) is 4.79 Å². The number of thiophene rings is 1. The average molecular weight is 355 g/mol. The van der Waals surface area contributed by atoms with E-state index in [2.05, 4.69) is 38.3 Å². The van der Waals surface area contributed by atoms with E-state index in [-0.39, 0.29) is 11.2 Å². The number of hydrogen-bond acceptors (Lipinski definition) is 7. The summed E-state index contributed by atoms with van der Waals surface area (Å²) in [6, 6.07) is 4.20. The Morgan fingerprint density at radius 1 is 1.41 bits per heavy atom. The smallest absolute Gasteiger partial charge is 0.233 e. The minimum Gasteiger partial charge on any atom is -0.360 e. The standard InChI is InChI=1S/C14H18N4OS3/c19-12-11(5-1-2-7-15-12)21-14-18-17-13(22-14)16-8-6-10-4-3-9-20-10/h3-4,9,11H,1-2,5-8H2,(H,15,19)(H,16,17)/t11-/m1/s1. The second-order valence-electron chi connectivity index (χ2n) is 5.02. The third kappa shape index (κ3) is 4.44. The highest BCUT2D eigenvalue weighted by Gasteiger charge is 2.23. The highest BCUT2D eigenvalue weighted by atomic mass is 32.2. The van der Waals surface area contributed by atoms with E-state index >= 15 is 0 Å². The van der Waals surface area contributed by atoms with E-state index in [9.17, 15) is 4.79 Å². The van der Waals surface area contributed by atoms with Gasteiger partial charge in [-0.1, -0.05) is 35.6 Å². The van der Waals surface area contributed by atoms with Crippen molar-refractivity contribution in [2.24, 2.45) is 0 Å². The van der Waals surface area contributed by atoms with E-state index in [0.29, 0.717) is 0 Å². The van der Waals surface area contributed by atoms with Crippen molar-refractivity contribution in [2.75, 3.05) is 18.4 Å². The topological polar surface area (TPSA) is 66.9 Å². The Labute approximate surface area is 141 Å². The van der Waals surface area contributed by atoms with Gasteiger partial charge in [0.2, 0.25) is 11.0 Å². The molecule has 0 unspecified atom stereocenters. The summed E-state index contributed by atoms with van der Waals surface area (Å²) < 4.78 is 0.862. The minimum absolute atomic E-state index is 0.0329. The summed E-state index contributed by atoms with van der Waals surface area (Å²) in [7, 11) is 0. The molecule has 2 aromatic heterocycles. The summed E-state index contributed by atoms with van der Waals surface area (Å²) in [5, 5.41) is 17.5. The van der Waals surface area contributed by atoms with Crippen molar-refractivity contribution in [1.82, 2.24) is 15.5 Å². The van der Waals surface area contributed by atoms with E-state index in [0.717, 1.165) is 48.2 Å². The van der Waals surface area contributed by atoms with Gasteiger partial charge in [-0.05, 0) is 30.7 Å². The molecule has 1 fully saturated rings. The van der Waals surface area contributed by atoms with Crippen molar-refractivity contribution < 1.29 is 4.79 Å². The van der Waals surface area contributed by atoms with Crippen LogP contribution in [0.3, 0.4) is 0 Å². The summed E-state index contributed by atoms with van der Waals surface area (Å²) in [4.78, 5) is 13.3. The van der Waals surface area contributed by atoms with Gasteiger partial charge >= 0.3 is 0 Å². The SMILES string of the molecule is O=C1NCCCC[C@H]1Sc1nnc(NCCc2cccs2)s1. The van der Waals surface area contributed by atoms with E-state index in [1.807, 2.05) is 0 Å². The number of carbonyl (C=O) groups is 1. The molecule has 1 amide bonds. The lowest BCUT2D eigenvalue weighted by atomic mass is 10.2. The Morgan fingerprint density at radius 2 is 2.36 bits per heavy atom. The summed E-state index contributed by atoms with van der Waals surface area (Å²) >= 11 is 4.83. The molecule has 1 aliphatic rings. The fourth-order valence-corrected chi connectivity index (χ4v) is 5.02. The van der Waals surface area contributed by atoms with Gasteiger partial charge in [0.15, 0.2) is 4.34 Å². The van der Waals surface area contributed by atoms with Gasteiger partial charge in [0.05, 0.1) is 5.25 Å². The van der Waals surface area contributed by atoms with Crippen LogP contribution in [-0.2, 0) is 11.2 Å². The van der Waals surface area contributed by atoms with Crippen LogP contribution in [0.1, 0.15) is 24.1 Å². The fraction of sp³-hybridized carbons (Fsp3) is 0.500. The molecule has 118 valence electrons. The first-order valence-corrected chi connectivity index (χ1v) is 9.93. The van der Waals surface area contributed by atoms with Gasteiger partial charge in [0, 0.05) is 18.0 Å². The monoisotopic (exact) mass is 354 g/mol. The van der Waals surface area contributed by atoms with Crippen molar-refractivity contribution >= 4 is 45.5 Å². The highest BCUT2D eigenvalue weighted by molar-refractivity contribution is 8.02. The van der Waals surface area contributed by atoms with Crippen LogP contribution in [0.15, 0.2) is 21.9 Å². The van der Waals surface area contributed by atoms with Crippen LogP contribution in [0.5, 0.6) is 0 Å². The van der Waals surface area contributed by atoms with Crippen LogP contribution in [0, 0.1) is 0 Å². The molecule has 3 rings (SSSR count). The van der Waals surface area contributed by atoms with E-state index in [4.69, 9.17) is 0 Å². The first kappa shape index (κ1) is 15.8. The molecule has 22 heavy (non-hydrogen) atoms. The Bertz CT molecular complexity index is 599. The molecule has 0 bridgehead atoms. The summed E-state index contributed by atoms with van der Waals surface area (Å²) in [6.45, 7) is 1.64. The molecule has 0 aliphatic carbocycles. The molecule has 1 saturated heterocycles. The predicted molar refractivity (Wildman–Crippen MR) is 92.9 cm³/mol. The molecule has 8 heteroatoms. The van der Waals surface area contributed by atoms with Crippen molar-refractivity contribution in [2.45, 2.75) is 35.3 Å². The van der Waals surface area contributed by atoms with Crippen LogP contribution in [-0.4, -0.2) is 34.4 Å². The Morgan fingerprint density at radius 3 is 3.23 bits per heavy atom. The number of amides is 1. The largest absolute Gasteiger partial charge is 0.360 e. The van der Waals surface area contributed by atoms with Crippen molar-refractivity contribution in [3.05, 3.63) is 22.4 Å². The molecule has 2 aromatic rings. The van der Waals surface area contributed by atoms with E-state index in [1.165, 1.54) is 28.0 Å². The molecular formula is C14H18N4OS3. The van der Waals surface area contributed by atoms with E-state index in [1.54, 1.807) is 11.3 Å². The molecule has 3 heterocycles. The second-order valence-corrected chi connectivity index (χ2v) is 8.48. The fourth-order valence-electron chi connectivity index (χ4n) is 2.22. The number of nitrogens with one attached hydrogen (secondary N) is 2. The molecule has 0 aromatic carbocycles. The van der Waals surface area contributed by atoms with Crippen molar-refractivity contribution in [3.8, 4) is 0 Å². The molecule has 1 aliphatic heterocycles. The van der Waals surface area contributed by atoms with Gasteiger partial charge in [0.1, 0.15) is 0 Å². The van der Waals surface area contributed by atoms with Gasteiger partial charge in [0.25, 0.3) is 0 Å². The predicted octanol–water partition coefficient (Wildman–Crippen LogP) is 3.02. The van der Waals surface area contributed by atoms with Crippen LogP contribution in [0.25, 0.3) is 0 Å². The maximum atomic E-state index is 11.9. The molecule has 5 nitrogen and oxygen atoms in total. The second kappa shape index (κ2) is 7.94. The first-order valence-electron chi connectivity index (χ1n) is 7.35. The maximum absolute atomic E-state index is 11.9. The lowest BCUT2D eigenvalue weighted by molar-refractivity contribution is -0.120. The lowest BCUT2D eigenvalue weighted by Crippen LogP contribution is -2.30. The van der Waals surface area contributed by atoms with Crippen LogP contribution in [0.2, 0.25) is 0 Å². The first-order chi connectivity index (χ1) is 10.8. The number of aromatic nitrogens is 2. The molecule has 0 radical (unpaired) electrons.